The second kappa shape index (κ2) is 23.4. The van der Waals surface area contributed by atoms with Gasteiger partial charge in [-0.25, -0.2) is 0 Å². The zero-order valence-electron chi connectivity index (χ0n) is 13.2. The van der Waals surface area contributed by atoms with E-state index in [0.29, 0.717) is 12.1 Å². The standard InChI is InChI=1S/C6H15N.2ClH.2Li.Mg.4H/c1-5(2)7-6(3)4;;;;;;;;;/h5-7H,1-4H3;2*1H;;;;;;;/q;;;2*+1;+2;4*-1. The first-order chi connectivity index (χ1) is 3.13. The molecular weight excluding hydrogens is 195 g/mol. The molecule has 0 unspecified atom stereocenters. The summed E-state index contributed by atoms with van der Waals surface area (Å²) < 4.78 is 0. The van der Waals surface area contributed by atoms with Crippen LogP contribution in [-0.2, 0) is 0 Å². The molecule has 0 aliphatic heterocycles. The van der Waals surface area contributed by atoms with Crippen LogP contribution >= 0.6 is 24.8 Å². The Morgan fingerprint density at radius 3 is 1.00 bits per heavy atom. The third-order valence-electron chi connectivity index (χ3n) is 0.667. The van der Waals surface area contributed by atoms with Gasteiger partial charge in [-0.2, -0.15) is 0 Å². The molecule has 6 heteroatoms. The van der Waals surface area contributed by atoms with Crippen LogP contribution in [0.2, 0.25) is 0 Å². The SMILES string of the molecule is CC(C)NC(C)C.Cl.Cl.[H-].[H-].[H-].[H-].[Li+].[Li+].[Mg+2]. The maximum Gasteiger partial charge on any atom is 2.00 e. The Hall–Kier alpha value is 2.50. The molecule has 0 saturated heterocycles. The molecule has 0 spiro atoms. The Morgan fingerprint density at radius 1 is 0.833 bits per heavy atom. The molecule has 0 rings (SSSR count). The van der Waals surface area contributed by atoms with Gasteiger partial charge in [-0.05, 0) is 0 Å². The fourth-order valence-corrected chi connectivity index (χ4v) is 0.667. The van der Waals surface area contributed by atoms with Gasteiger partial charge in [0.15, 0.2) is 0 Å². The van der Waals surface area contributed by atoms with Crippen molar-refractivity contribution in [2.45, 2.75) is 39.8 Å². The van der Waals surface area contributed by atoms with Crippen molar-refractivity contribution < 1.29 is 43.4 Å². The zero-order valence-corrected chi connectivity index (χ0v) is 12.2. The van der Waals surface area contributed by atoms with Crippen LogP contribution in [0.15, 0.2) is 0 Å². The van der Waals surface area contributed by atoms with E-state index in [1.165, 1.54) is 0 Å². The topological polar surface area (TPSA) is 12.0 Å². The van der Waals surface area contributed by atoms with Gasteiger partial charge >= 0.3 is 60.8 Å². The predicted octanol–water partition coefficient (Wildman–Crippen LogP) is -3.69. The minimum Gasteiger partial charge on any atom is -1.00 e. The molecular formula is C6H21Cl2Li2MgN. The van der Waals surface area contributed by atoms with Crippen molar-refractivity contribution in [2.75, 3.05) is 0 Å². The van der Waals surface area contributed by atoms with E-state index >= 15 is 0 Å². The first-order valence-corrected chi connectivity index (χ1v) is 2.89. The first-order valence-electron chi connectivity index (χ1n) is 2.89. The van der Waals surface area contributed by atoms with Crippen LogP contribution in [0.4, 0.5) is 0 Å². The Labute approximate surface area is 135 Å². The molecule has 0 atom stereocenters. The van der Waals surface area contributed by atoms with E-state index in [-0.39, 0.29) is 91.3 Å². The van der Waals surface area contributed by atoms with E-state index < -0.39 is 0 Å². The third kappa shape index (κ3) is 39.1. The minimum atomic E-state index is 0. The molecule has 0 aromatic heterocycles. The Balaban J connectivity index is -0.00000000500. The van der Waals surface area contributed by atoms with Gasteiger partial charge in [-0.1, -0.05) is 27.7 Å². The van der Waals surface area contributed by atoms with Crippen molar-refractivity contribution >= 4 is 47.9 Å². The van der Waals surface area contributed by atoms with Gasteiger partial charge in [0.1, 0.15) is 0 Å². The fraction of sp³-hybridized carbons (Fsp3) is 1.00. The summed E-state index contributed by atoms with van der Waals surface area (Å²) in [5.41, 5.74) is 0. The van der Waals surface area contributed by atoms with Gasteiger partial charge in [0.05, 0.1) is 0 Å². The van der Waals surface area contributed by atoms with E-state index in [1.54, 1.807) is 0 Å². The molecule has 0 amide bonds. The molecule has 0 fully saturated rings. The zero-order chi connectivity index (χ0) is 5.86. The molecule has 12 heavy (non-hydrogen) atoms. The second-order valence-electron chi connectivity index (χ2n) is 2.48. The molecule has 0 heterocycles. The summed E-state index contributed by atoms with van der Waals surface area (Å²) in [7, 11) is 0. The molecule has 0 saturated carbocycles. The van der Waals surface area contributed by atoms with Crippen molar-refractivity contribution in [3.63, 3.8) is 0 Å². The molecule has 0 aliphatic rings. The maximum absolute atomic E-state index is 3.31. The predicted molar refractivity (Wildman–Crippen MR) is 58.1 cm³/mol. The van der Waals surface area contributed by atoms with E-state index in [4.69, 9.17) is 0 Å². The first kappa shape index (κ1) is 36.6. The summed E-state index contributed by atoms with van der Waals surface area (Å²) in [5, 5.41) is 3.31. The smallest absolute Gasteiger partial charge is 1.00 e. The number of hydrogen-bond donors (Lipinski definition) is 1. The molecule has 1 nitrogen and oxygen atoms in total. The Morgan fingerprint density at radius 2 is 1.00 bits per heavy atom. The maximum atomic E-state index is 3.31. The monoisotopic (exact) mass is 215 g/mol. The van der Waals surface area contributed by atoms with Crippen molar-refractivity contribution in [2.24, 2.45) is 0 Å². The van der Waals surface area contributed by atoms with Crippen LogP contribution in [0, 0.1) is 0 Å². The summed E-state index contributed by atoms with van der Waals surface area (Å²) in [4.78, 5) is 0. The number of rotatable bonds is 2. The number of halogens is 2. The van der Waals surface area contributed by atoms with E-state index in [2.05, 4.69) is 33.0 Å². The van der Waals surface area contributed by atoms with Crippen LogP contribution in [0.1, 0.15) is 33.4 Å². The van der Waals surface area contributed by atoms with Gasteiger partial charge in [-0.3, -0.25) is 0 Å². The summed E-state index contributed by atoms with van der Waals surface area (Å²) >= 11 is 0. The summed E-state index contributed by atoms with van der Waals surface area (Å²) in [6.07, 6.45) is 0. The Kier molecular flexibility index (Phi) is 71.2. The van der Waals surface area contributed by atoms with Crippen molar-refractivity contribution in [3.8, 4) is 0 Å². The largest absolute Gasteiger partial charge is 2.00 e. The minimum absolute atomic E-state index is 0. The molecule has 0 radical (unpaired) electrons. The van der Waals surface area contributed by atoms with Crippen LogP contribution < -0.4 is 43.0 Å². The van der Waals surface area contributed by atoms with Crippen LogP contribution in [0.5, 0.6) is 0 Å². The summed E-state index contributed by atoms with van der Waals surface area (Å²) in [6.45, 7) is 8.61. The van der Waals surface area contributed by atoms with Gasteiger partial charge in [-0.15, -0.1) is 24.8 Å². The van der Waals surface area contributed by atoms with Gasteiger partial charge < -0.3 is 11.0 Å². The van der Waals surface area contributed by atoms with Crippen molar-refractivity contribution in [1.82, 2.24) is 5.32 Å². The normalized spacial score (nSPS) is 6.50. The van der Waals surface area contributed by atoms with Crippen LogP contribution in [0.25, 0.3) is 0 Å². The number of nitrogens with one attached hydrogen (secondary N) is 1. The van der Waals surface area contributed by atoms with E-state index in [1.807, 2.05) is 0 Å². The average molecular weight is 216 g/mol. The molecule has 0 aliphatic carbocycles. The summed E-state index contributed by atoms with van der Waals surface area (Å²) in [6, 6.07) is 1.25. The quantitative estimate of drug-likeness (QED) is 0.469. The second-order valence-corrected chi connectivity index (χ2v) is 2.48. The van der Waals surface area contributed by atoms with E-state index in [0.717, 1.165) is 0 Å². The third-order valence-corrected chi connectivity index (χ3v) is 0.667. The summed E-state index contributed by atoms with van der Waals surface area (Å²) in [5.74, 6) is 0. The average Bonchev–Trinajstić information content (AvgIpc) is 1.27. The van der Waals surface area contributed by atoms with E-state index in [9.17, 15) is 0 Å². The fourth-order valence-electron chi connectivity index (χ4n) is 0.667. The number of hydrogen-bond acceptors (Lipinski definition) is 1. The van der Waals surface area contributed by atoms with Gasteiger partial charge in [0, 0.05) is 12.1 Å². The van der Waals surface area contributed by atoms with Gasteiger partial charge in [0.25, 0.3) is 0 Å². The molecule has 0 aromatic carbocycles. The Bertz CT molecular complexity index is 65.8. The van der Waals surface area contributed by atoms with Crippen LogP contribution in [0.3, 0.4) is 0 Å². The van der Waals surface area contributed by atoms with Crippen LogP contribution in [-0.4, -0.2) is 35.1 Å². The van der Waals surface area contributed by atoms with Crippen molar-refractivity contribution in [3.05, 3.63) is 0 Å². The molecule has 0 aromatic rings. The van der Waals surface area contributed by atoms with Gasteiger partial charge in [0.2, 0.25) is 0 Å². The molecule has 0 bridgehead atoms. The molecule has 1 N–H and O–H groups in total. The van der Waals surface area contributed by atoms with Crippen molar-refractivity contribution in [1.29, 1.82) is 0 Å². The molecule has 68 valence electrons.